The molecule has 1 atom stereocenters. The zero-order chi connectivity index (χ0) is 14.8. The first-order valence-corrected chi connectivity index (χ1v) is 6.45. The number of anilines is 1. The Bertz CT molecular complexity index is 698. The molecule has 2 amide bonds. The number of aromatic nitrogens is 1. The molecule has 0 spiro atoms. The number of rotatable bonds is 3. The molecule has 7 heteroatoms. The fraction of sp³-hybridized carbons (Fsp3) is 0.214. The van der Waals surface area contributed by atoms with E-state index in [1.807, 2.05) is 0 Å². The lowest BCUT2D eigenvalue weighted by Gasteiger charge is -2.07. The maximum Gasteiger partial charge on any atom is 0.249 e. The molecule has 1 aromatic heterocycles. The van der Waals surface area contributed by atoms with Gasteiger partial charge in [0, 0.05) is 18.1 Å². The van der Waals surface area contributed by atoms with Crippen LogP contribution in [-0.4, -0.2) is 23.0 Å². The van der Waals surface area contributed by atoms with Crippen LogP contribution in [0.1, 0.15) is 12.8 Å². The fourth-order valence-electron chi connectivity index (χ4n) is 2.15. The van der Waals surface area contributed by atoms with Gasteiger partial charge < -0.3 is 9.84 Å². The molecule has 6 nitrogen and oxygen atoms in total. The third-order valence-electron chi connectivity index (χ3n) is 3.22. The fourth-order valence-corrected chi connectivity index (χ4v) is 2.15. The molecule has 2 aromatic rings. The van der Waals surface area contributed by atoms with Crippen LogP contribution in [-0.2, 0) is 9.59 Å². The summed E-state index contributed by atoms with van der Waals surface area (Å²) in [5.74, 6) is -0.844. The van der Waals surface area contributed by atoms with E-state index < -0.39 is 11.9 Å². The van der Waals surface area contributed by atoms with Gasteiger partial charge >= 0.3 is 0 Å². The minimum Gasteiger partial charge on any atom is -0.344 e. The highest BCUT2D eigenvalue weighted by Crippen LogP contribution is 2.24. The lowest BCUT2D eigenvalue weighted by atomic mass is 10.1. The first kappa shape index (κ1) is 13.3. The molecular formula is C14H12FN3O3. The molecule has 0 unspecified atom stereocenters. The van der Waals surface area contributed by atoms with Gasteiger partial charge in [-0.15, -0.1) is 0 Å². The summed E-state index contributed by atoms with van der Waals surface area (Å²) >= 11 is 0. The number of carbonyl (C=O) groups is 2. The van der Waals surface area contributed by atoms with Crippen molar-refractivity contribution in [2.75, 3.05) is 5.32 Å². The van der Waals surface area contributed by atoms with Crippen molar-refractivity contribution in [3.63, 3.8) is 0 Å². The average Bonchev–Trinajstić information content (AvgIpc) is 3.08. The van der Waals surface area contributed by atoms with Crippen LogP contribution in [0.15, 0.2) is 34.9 Å². The summed E-state index contributed by atoms with van der Waals surface area (Å²) in [4.78, 5) is 23.0. The molecule has 2 heterocycles. The third kappa shape index (κ3) is 2.76. The highest BCUT2D eigenvalue weighted by Gasteiger charge is 2.27. The molecule has 1 aliphatic rings. The normalized spacial score (nSPS) is 17.6. The summed E-state index contributed by atoms with van der Waals surface area (Å²) < 4.78 is 18.6. The maximum absolute atomic E-state index is 13.6. The highest BCUT2D eigenvalue weighted by atomic mass is 19.1. The number of hydrogen-bond donors (Lipinski definition) is 2. The van der Waals surface area contributed by atoms with E-state index >= 15 is 0 Å². The van der Waals surface area contributed by atoms with Crippen LogP contribution in [0.5, 0.6) is 0 Å². The Hall–Kier alpha value is -2.70. The highest BCUT2D eigenvalue weighted by molar-refractivity contribution is 5.98. The van der Waals surface area contributed by atoms with Gasteiger partial charge in [0.1, 0.15) is 17.6 Å². The van der Waals surface area contributed by atoms with E-state index in [9.17, 15) is 14.0 Å². The second-order valence-electron chi connectivity index (χ2n) is 4.70. The molecular weight excluding hydrogens is 277 g/mol. The molecule has 0 radical (unpaired) electrons. The Morgan fingerprint density at radius 1 is 1.43 bits per heavy atom. The lowest BCUT2D eigenvalue weighted by molar-refractivity contribution is -0.122. The van der Waals surface area contributed by atoms with Crippen LogP contribution in [0.25, 0.3) is 11.3 Å². The monoisotopic (exact) mass is 289 g/mol. The second kappa shape index (κ2) is 5.35. The smallest absolute Gasteiger partial charge is 0.249 e. The Labute approximate surface area is 119 Å². The predicted octanol–water partition coefficient (Wildman–Crippen LogP) is 1.70. The first-order valence-electron chi connectivity index (χ1n) is 6.45. The quantitative estimate of drug-likeness (QED) is 0.900. The van der Waals surface area contributed by atoms with E-state index in [1.165, 1.54) is 12.1 Å². The maximum atomic E-state index is 13.6. The molecule has 1 aliphatic heterocycles. The van der Waals surface area contributed by atoms with E-state index in [0.29, 0.717) is 18.5 Å². The van der Waals surface area contributed by atoms with Crippen molar-refractivity contribution < 1.29 is 18.5 Å². The van der Waals surface area contributed by atoms with E-state index in [1.54, 1.807) is 18.2 Å². The van der Waals surface area contributed by atoms with Crippen LogP contribution < -0.4 is 10.6 Å². The Morgan fingerprint density at radius 2 is 2.24 bits per heavy atom. The number of halogens is 1. The van der Waals surface area contributed by atoms with Gasteiger partial charge in [-0.1, -0.05) is 17.3 Å². The molecule has 0 saturated carbocycles. The van der Waals surface area contributed by atoms with Gasteiger partial charge in [0.05, 0.1) is 0 Å². The lowest BCUT2D eigenvalue weighted by Crippen LogP contribution is -2.37. The summed E-state index contributed by atoms with van der Waals surface area (Å²) in [7, 11) is 0. The van der Waals surface area contributed by atoms with Gasteiger partial charge in [-0.05, 0) is 18.6 Å². The van der Waals surface area contributed by atoms with Crippen LogP contribution in [0.3, 0.4) is 0 Å². The van der Waals surface area contributed by atoms with Gasteiger partial charge in [-0.25, -0.2) is 4.39 Å². The molecule has 3 rings (SSSR count). The summed E-state index contributed by atoms with van der Waals surface area (Å²) in [5, 5.41) is 8.78. The second-order valence-corrected chi connectivity index (χ2v) is 4.70. The van der Waals surface area contributed by atoms with Crippen LogP contribution in [0, 0.1) is 5.82 Å². The van der Waals surface area contributed by atoms with Crippen molar-refractivity contribution in [1.29, 1.82) is 0 Å². The molecule has 1 saturated heterocycles. The molecule has 2 N–H and O–H groups in total. The molecule has 108 valence electrons. The van der Waals surface area contributed by atoms with Crippen LogP contribution >= 0.6 is 0 Å². The van der Waals surface area contributed by atoms with Gasteiger partial charge in [-0.3, -0.25) is 14.9 Å². The van der Waals surface area contributed by atoms with Crippen molar-refractivity contribution in [2.45, 2.75) is 18.9 Å². The SMILES string of the molecule is O=C1CC[C@H](C(=O)Nc2cc(-c3ccccc3F)no2)N1. The molecule has 0 bridgehead atoms. The summed E-state index contributed by atoms with van der Waals surface area (Å²) in [5.41, 5.74) is 0.578. The Balaban J connectivity index is 1.72. The number of hydrogen-bond acceptors (Lipinski definition) is 4. The Morgan fingerprint density at radius 3 is 2.95 bits per heavy atom. The number of amides is 2. The van der Waals surface area contributed by atoms with E-state index in [-0.39, 0.29) is 23.3 Å². The van der Waals surface area contributed by atoms with Crippen molar-refractivity contribution in [3.05, 3.63) is 36.1 Å². The summed E-state index contributed by atoms with van der Waals surface area (Å²) in [6.45, 7) is 0. The number of benzene rings is 1. The van der Waals surface area contributed by atoms with Crippen molar-refractivity contribution in [3.8, 4) is 11.3 Å². The van der Waals surface area contributed by atoms with Crippen molar-refractivity contribution in [2.24, 2.45) is 0 Å². The van der Waals surface area contributed by atoms with E-state index in [0.717, 1.165) is 0 Å². The minimum absolute atomic E-state index is 0.111. The van der Waals surface area contributed by atoms with E-state index in [2.05, 4.69) is 15.8 Å². The molecule has 21 heavy (non-hydrogen) atoms. The van der Waals surface area contributed by atoms with Crippen molar-refractivity contribution >= 4 is 17.7 Å². The summed E-state index contributed by atoms with van der Waals surface area (Å²) in [6, 6.07) is 7.00. The van der Waals surface area contributed by atoms with Crippen LogP contribution in [0.2, 0.25) is 0 Å². The number of nitrogens with one attached hydrogen (secondary N) is 2. The summed E-state index contributed by atoms with van der Waals surface area (Å²) in [6.07, 6.45) is 0.772. The predicted molar refractivity (Wildman–Crippen MR) is 71.7 cm³/mol. The topological polar surface area (TPSA) is 84.2 Å². The standard InChI is InChI=1S/C14H12FN3O3/c15-9-4-2-1-3-8(9)11-7-13(21-18-11)17-14(20)10-5-6-12(19)16-10/h1-4,7,10H,5-6H2,(H,16,19)(H,17,20)/t10-/m1/s1. The number of carbonyl (C=O) groups excluding carboxylic acids is 2. The van der Waals surface area contributed by atoms with Crippen molar-refractivity contribution in [1.82, 2.24) is 10.5 Å². The van der Waals surface area contributed by atoms with Gasteiger partial charge in [0.15, 0.2) is 0 Å². The average molecular weight is 289 g/mol. The van der Waals surface area contributed by atoms with Gasteiger partial charge in [-0.2, -0.15) is 0 Å². The minimum atomic E-state index is -0.570. The van der Waals surface area contributed by atoms with Gasteiger partial charge in [0.2, 0.25) is 17.7 Å². The third-order valence-corrected chi connectivity index (χ3v) is 3.22. The molecule has 1 aromatic carbocycles. The van der Waals surface area contributed by atoms with E-state index in [4.69, 9.17) is 4.52 Å². The van der Waals surface area contributed by atoms with Gasteiger partial charge in [0.25, 0.3) is 0 Å². The molecule has 0 aliphatic carbocycles. The zero-order valence-electron chi connectivity index (χ0n) is 10.9. The number of nitrogens with zero attached hydrogens (tertiary/aromatic N) is 1. The largest absolute Gasteiger partial charge is 0.344 e. The van der Waals surface area contributed by atoms with Crippen LogP contribution in [0.4, 0.5) is 10.3 Å². The zero-order valence-corrected chi connectivity index (χ0v) is 10.9. The molecule has 1 fully saturated rings. The Kier molecular flexibility index (Phi) is 3.39. The first-order chi connectivity index (χ1) is 10.1.